The molecule has 0 heterocycles. The summed E-state index contributed by atoms with van der Waals surface area (Å²) in [5.74, 6) is 0. The lowest BCUT2D eigenvalue weighted by Gasteiger charge is -2.10. The first-order valence-corrected chi connectivity index (χ1v) is 5.45. The zero-order valence-corrected chi connectivity index (χ0v) is 8.97. The Labute approximate surface area is 81.9 Å². The largest absolute Gasteiger partial charge is 0.392 e. The van der Waals surface area contributed by atoms with Gasteiger partial charge in [-0.15, -0.1) is 0 Å². The van der Waals surface area contributed by atoms with E-state index in [2.05, 4.69) is 17.8 Å². The number of rotatable bonds is 9. The smallest absolute Gasteiger partial charge is 0.0675 e. The number of hydrogen-bond acceptors (Lipinski definition) is 3. The maximum absolute atomic E-state index is 9.20. The molecule has 0 aliphatic carbocycles. The van der Waals surface area contributed by atoms with Crippen LogP contribution in [-0.4, -0.2) is 24.3 Å². The lowest BCUT2D eigenvalue weighted by molar-refractivity contribution is 0.162. The van der Waals surface area contributed by atoms with Crippen molar-refractivity contribution in [2.45, 2.75) is 52.1 Å². The maximum atomic E-state index is 9.20. The number of hydrogen-bond donors (Lipinski definition) is 3. The van der Waals surface area contributed by atoms with E-state index < -0.39 is 0 Å². The maximum Gasteiger partial charge on any atom is 0.0675 e. The van der Waals surface area contributed by atoms with Gasteiger partial charge in [0.2, 0.25) is 0 Å². The highest BCUT2D eigenvalue weighted by Crippen LogP contribution is 1.96. The second-order valence-corrected chi connectivity index (χ2v) is 3.43. The standard InChI is InChI=1S/C10H24N2O/c1-3-5-6-7-8-11-12-9-10(13)4-2/h10-13H,3-9H2,1-2H3. The van der Waals surface area contributed by atoms with Gasteiger partial charge in [-0.1, -0.05) is 33.1 Å². The molecule has 3 heteroatoms. The summed E-state index contributed by atoms with van der Waals surface area (Å²) in [5, 5.41) is 9.20. The molecule has 0 aromatic rings. The van der Waals surface area contributed by atoms with Gasteiger partial charge in [-0.3, -0.25) is 10.9 Å². The van der Waals surface area contributed by atoms with E-state index in [0.717, 1.165) is 13.0 Å². The van der Waals surface area contributed by atoms with Crippen molar-refractivity contribution in [1.82, 2.24) is 10.9 Å². The Hall–Kier alpha value is -0.120. The van der Waals surface area contributed by atoms with Crippen LogP contribution < -0.4 is 10.9 Å². The minimum absolute atomic E-state index is 0.219. The van der Waals surface area contributed by atoms with E-state index in [4.69, 9.17) is 0 Å². The third kappa shape index (κ3) is 9.80. The summed E-state index contributed by atoms with van der Waals surface area (Å²) in [5.41, 5.74) is 6.11. The molecular formula is C10H24N2O. The number of unbranched alkanes of at least 4 members (excludes halogenated alkanes) is 3. The van der Waals surface area contributed by atoms with E-state index in [1.807, 2.05) is 6.92 Å². The highest BCUT2D eigenvalue weighted by Gasteiger charge is 1.97. The van der Waals surface area contributed by atoms with Crippen molar-refractivity contribution in [3.8, 4) is 0 Å². The Balaban J connectivity index is 2.91. The first kappa shape index (κ1) is 12.9. The number of aliphatic hydroxyl groups excluding tert-OH is 1. The monoisotopic (exact) mass is 188 g/mol. The van der Waals surface area contributed by atoms with Gasteiger partial charge in [-0.25, -0.2) is 0 Å². The third-order valence-corrected chi connectivity index (χ3v) is 2.09. The van der Waals surface area contributed by atoms with Crippen molar-refractivity contribution in [2.75, 3.05) is 13.1 Å². The highest BCUT2D eigenvalue weighted by atomic mass is 16.3. The van der Waals surface area contributed by atoms with Gasteiger partial charge in [0, 0.05) is 13.1 Å². The van der Waals surface area contributed by atoms with E-state index in [9.17, 15) is 5.11 Å². The Morgan fingerprint density at radius 1 is 1.08 bits per heavy atom. The van der Waals surface area contributed by atoms with Crippen molar-refractivity contribution in [1.29, 1.82) is 0 Å². The predicted molar refractivity (Wildman–Crippen MR) is 56.4 cm³/mol. The van der Waals surface area contributed by atoms with Crippen LogP contribution in [0, 0.1) is 0 Å². The van der Waals surface area contributed by atoms with Crippen LogP contribution >= 0.6 is 0 Å². The lowest BCUT2D eigenvalue weighted by atomic mass is 10.2. The van der Waals surface area contributed by atoms with Gasteiger partial charge in [0.25, 0.3) is 0 Å². The molecule has 0 aromatic heterocycles. The molecule has 0 bridgehead atoms. The molecule has 0 saturated heterocycles. The molecule has 0 radical (unpaired) electrons. The van der Waals surface area contributed by atoms with Crippen LogP contribution in [0.2, 0.25) is 0 Å². The van der Waals surface area contributed by atoms with Gasteiger partial charge in [0.05, 0.1) is 6.10 Å². The summed E-state index contributed by atoms with van der Waals surface area (Å²) < 4.78 is 0. The summed E-state index contributed by atoms with van der Waals surface area (Å²) in [6.07, 6.45) is 5.69. The van der Waals surface area contributed by atoms with Crippen molar-refractivity contribution in [3.63, 3.8) is 0 Å². The normalized spacial score (nSPS) is 13.2. The lowest BCUT2D eigenvalue weighted by Crippen LogP contribution is -2.38. The number of nitrogens with one attached hydrogen (secondary N) is 2. The molecule has 0 fully saturated rings. The van der Waals surface area contributed by atoms with Gasteiger partial charge < -0.3 is 5.11 Å². The number of aliphatic hydroxyl groups is 1. The van der Waals surface area contributed by atoms with E-state index in [0.29, 0.717) is 6.54 Å². The molecule has 13 heavy (non-hydrogen) atoms. The summed E-state index contributed by atoms with van der Waals surface area (Å²) in [6, 6.07) is 0. The molecule has 0 aliphatic rings. The molecule has 1 unspecified atom stereocenters. The van der Waals surface area contributed by atoms with Crippen LogP contribution in [0.25, 0.3) is 0 Å². The average molecular weight is 188 g/mol. The van der Waals surface area contributed by atoms with Crippen LogP contribution in [0.4, 0.5) is 0 Å². The summed E-state index contributed by atoms with van der Waals surface area (Å²) in [7, 11) is 0. The Kier molecular flexibility index (Phi) is 9.87. The summed E-state index contributed by atoms with van der Waals surface area (Å²) in [6.45, 7) is 5.83. The number of hydrazine groups is 1. The van der Waals surface area contributed by atoms with E-state index in [1.54, 1.807) is 0 Å². The predicted octanol–water partition coefficient (Wildman–Crippen LogP) is 1.43. The van der Waals surface area contributed by atoms with Crippen molar-refractivity contribution in [3.05, 3.63) is 0 Å². The van der Waals surface area contributed by atoms with Crippen molar-refractivity contribution >= 4 is 0 Å². The molecule has 0 spiro atoms. The van der Waals surface area contributed by atoms with Gasteiger partial charge >= 0.3 is 0 Å². The topological polar surface area (TPSA) is 44.3 Å². The Bertz CT molecular complexity index is 98.9. The van der Waals surface area contributed by atoms with Gasteiger partial charge in [0.1, 0.15) is 0 Å². The second-order valence-electron chi connectivity index (χ2n) is 3.43. The molecule has 0 saturated carbocycles. The summed E-state index contributed by atoms with van der Waals surface area (Å²) in [4.78, 5) is 0. The van der Waals surface area contributed by atoms with Gasteiger partial charge in [-0.05, 0) is 12.8 Å². The quantitative estimate of drug-likeness (QED) is 0.379. The molecule has 0 aliphatic heterocycles. The summed E-state index contributed by atoms with van der Waals surface area (Å²) >= 11 is 0. The van der Waals surface area contributed by atoms with Gasteiger partial charge in [0.15, 0.2) is 0 Å². The van der Waals surface area contributed by atoms with Crippen LogP contribution in [-0.2, 0) is 0 Å². The fourth-order valence-corrected chi connectivity index (χ4v) is 1.06. The third-order valence-electron chi connectivity index (χ3n) is 2.09. The van der Waals surface area contributed by atoms with Crippen molar-refractivity contribution < 1.29 is 5.11 Å². The molecule has 0 amide bonds. The van der Waals surface area contributed by atoms with Crippen LogP contribution in [0.5, 0.6) is 0 Å². The fourth-order valence-electron chi connectivity index (χ4n) is 1.06. The minimum atomic E-state index is -0.219. The molecule has 0 rings (SSSR count). The first-order chi connectivity index (χ1) is 6.31. The molecule has 80 valence electrons. The van der Waals surface area contributed by atoms with E-state index in [1.165, 1.54) is 25.7 Å². The molecule has 1 atom stereocenters. The van der Waals surface area contributed by atoms with Crippen molar-refractivity contribution in [2.24, 2.45) is 0 Å². The first-order valence-electron chi connectivity index (χ1n) is 5.45. The Morgan fingerprint density at radius 3 is 2.46 bits per heavy atom. The molecule has 0 aromatic carbocycles. The second kappa shape index (κ2) is 9.96. The van der Waals surface area contributed by atoms with E-state index in [-0.39, 0.29) is 6.10 Å². The zero-order chi connectivity index (χ0) is 9.94. The molecule has 3 nitrogen and oxygen atoms in total. The highest BCUT2D eigenvalue weighted by molar-refractivity contribution is 4.53. The van der Waals surface area contributed by atoms with Crippen LogP contribution in [0.15, 0.2) is 0 Å². The van der Waals surface area contributed by atoms with E-state index >= 15 is 0 Å². The van der Waals surface area contributed by atoms with Crippen LogP contribution in [0.1, 0.15) is 46.0 Å². The minimum Gasteiger partial charge on any atom is -0.392 e. The van der Waals surface area contributed by atoms with Crippen LogP contribution in [0.3, 0.4) is 0 Å². The fraction of sp³-hybridized carbons (Fsp3) is 1.00. The molecule has 3 N–H and O–H groups in total. The molecular weight excluding hydrogens is 164 g/mol. The SMILES string of the molecule is CCCCCCNNCC(O)CC. The average Bonchev–Trinajstić information content (AvgIpc) is 2.16. The van der Waals surface area contributed by atoms with Gasteiger partial charge in [-0.2, -0.15) is 0 Å². The Morgan fingerprint density at radius 2 is 1.85 bits per heavy atom. The zero-order valence-electron chi connectivity index (χ0n) is 8.97.